The lowest BCUT2D eigenvalue weighted by Crippen LogP contribution is -1.95. The van der Waals surface area contributed by atoms with Gasteiger partial charge in [0.15, 0.2) is 0 Å². The molecule has 0 radical (unpaired) electrons. The molecular weight excluding hydrogens is 122 g/mol. The third kappa shape index (κ3) is 2.81. The highest BCUT2D eigenvalue weighted by Crippen LogP contribution is 2.04. The van der Waals surface area contributed by atoms with Crippen molar-refractivity contribution in [1.82, 2.24) is 0 Å². The zero-order chi connectivity index (χ0) is 7.98. The van der Waals surface area contributed by atoms with Gasteiger partial charge in [-0.25, -0.2) is 0 Å². The Morgan fingerprint density at radius 3 is 2.30 bits per heavy atom. The summed E-state index contributed by atoms with van der Waals surface area (Å²) >= 11 is 0. The first-order valence-corrected chi connectivity index (χ1v) is 3.89. The van der Waals surface area contributed by atoms with E-state index in [2.05, 4.69) is 31.8 Å². The predicted octanol–water partition coefficient (Wildman–Crippen LogP) is 2.82. The maximum Gasteiger partial charge on any atom is 0.0342 e. The number of nitrogens with zero attached hydrogens (tertiary/aromatic N) is 1. The van der Waals surface area contributed by atoms with E-state index in [4.69, 9.17) is 0 Å². The number of aliphatic imine (C=N–C) groups is 1. The van der Waals surface area contributed by atoms with E-state index >= 15 is 0 Å². The average molecular weight is 139 g/mol. The maximum absolute atomic E-state index is 4.13. The maximum atomic E-state index is 4.13. The van der Waals surface area contributed by atoms with Crippen LogP contribution in [0.3, 0.4) is 0 Å². The van der Waals surface area contributed by atoms with Gasteiger partial charge in [-0.2, -0.15) is 0 Å². The van der Waals surface area contributed by atoms with Crippen molar-refractivity contribution in [2.45, 2.75) is 33.6 Å². The molecule has 1 nitrogen and oxygen atoms in total. The quantitative estimate of drug-likeness (QED) is 0.533. The fourth-order valence-electron chi connectivity index (χ4n) is 0.938. The Balaban J connectivity index is 4.21. The van der Waals surface area contributed by atoms with Gasteiger partial charge in [-0.3, -0.25) is 4.99 Å². The van der Waals surface area contributed by atoms with E-state index in [1.165, 1.54) is 11.3 Å². The van der Waals surface area contributed by atoms with Gasteiger partial charge in [-0.1, -0.05) is 19.9 Å². The molecule has 0 N–H and O–H groups in total. The van der Waals surface area contributed by atoms with Gasteiger partial charge in [0.1, 0.15) is 0 Å². The SMILES string of the molecule is CC/C=C(/CC)C(C)=NC. The molecule has 0 aromatic rings. The highest BCUT2D eigenvalue weighted by Gasteiger charge is 1.94. The molecule has 58 valence electrons. The molecule has 0 aromatic carbocycles. The Morgan fingerprint density at radius 2 is 2.00 bits per heavy atom. The molecule has 0 spiro atoms. The number of rotatable bonds is 3. The zero-order valence-corrected chi connectivity index (χ0v) is 7.44. The van der Waals surface area contributed by atoms with Crippen molar-refractivity contribution in [3.8, 4) is 0 Å². The van der Waals surface area contributed by atoms with E-state index < -0.39 is 0 Å². The molecule has 0 saturated carbocycles. The second-order valence-corrected chi connectivity index (χ2v) is 2.30. The van der Waals surface area contributed by atoms with Crippen LogP contribution in [0.25, 0.3) is 0 Å². The van der Waals surface area contributed by atoms with Crippen LogP contribution in [0, 0.1) is 0 Å². The van der Waals surface area contributed by atoms with Crippen LogP contribution in [0.1, 0.15) is 33.6 Å². The molecule has 0 fully saturated rings. The van der Waals surface area contributed by atoms with Gasteiger partial charge in [0.25, 0.3) is 0 Å². The second-order valence-electron chi connectivity index (χ2n) is 2.30. The Bertz CT molecular complexity index is 143. The molecule has 0 atom stereocenters. The summed E-state index contributed by atoms with van der Waals surface area (Å²) in [5, 5.41) is 0. The first-order valence-electron chi connectivity index (χ1n) is 3.89. The summed E-state index contributed by atoms with van der Waals surface area (Å²) in [6, 6.07) is 0. The van der Waals surface area contributed by atoms with Crippen LogP contribution >= 0.6 is 0 Å². The van der Waals surface area contributed by atoms with Crippen LogP contribution in [-0.2, 0) is 0 Å². The van der Waals surface area contributed by atoms with Gasteiger partial charge in [-0.15, -0.1) is 0 Å². The molecule has 0 amide bonds. The highest BCUT2D eigenvalue weighted by atomic mass is 14.7. The Labute approximate surface area is 63.9 Å². The van der Waals surface area contributed by atoms with Crippen molar-refractivity contribution in [1.29, 1.82) is 0 Å². The van der Waals surface area contributed by atoms with Crippen molar-refractivity contribution in [3.63, 3.8) is 0 Å². The van der Waals surface area contributed by atoms with E-state index in [-0.39, 0.29) is 0 Å². The minimum absolute atomic E-state index is 1.09. The first-order chi connectivity index (χ1) is 4.76. The molecule has 0 aliphatic rings. The standard InChI is InChI=1S/C9H17N/c1-5-7-9(6-2)8(3)10-4/h7H,5-6H2,1-4H3/b9-7-,10-8?. The lowest BCUT2D eigenvalue weighted by molar-refractivity contribution is 1.11. The zero-order valence-electron chi connectivity index (χ0n) is 7.44. The molecule has 10 heavy (non-hydrogen) atoms. The van der Waals surface area contributed by atoms with Gasteiger partial charge in [0.05, 0.1) is 0 Å². The smallest absolute Gasteiger partial charge is 0.0342 e. The topological polar surface area (TPSA) is 12.4 Å². The fraction of sp³-hybridized carbons (Fsp3) is 0.667. The van der Waals surface area contributed by atoms with E-state index in [0.717, 1.165) is 12.8 Å². The lowest BCUT2D eigenvalue weighted by Gasteiger charge is -2.01. The minimum atomic E-state index is 1.09. The van der Waals surface area contributed by atoms with Crippen LogP contribution in [0.5, 0.6) is 0 Å². The Morgan fingerprint density at radius 1 is 1.40 bits per heavy atom. The van der Waals surface area contributed by atoms with E-state index in [1.54, 1.807) is 0 Å². The summed E-state index contributed by atoms with van der Waals surface area (Å²) in [4.78, 5) is 4.13. The van der Waals surface area contributed by atoms with Crippen molar-refractivity contribution in [2.24, 2.45) is 4.99 Å². The third-order valence-corrected chi connectivity index (χ3v) is 1.63. The molecule has 0 rings (SSSR count). The molecule has 0 unspecified atom stereocenters. The van der Waals surface area contributed by atoms with Crippen molar-refractivity contribution in [3.05, 3.63) is 11.6 Å². The highest BCUT2D eigenvalue weighted by molar-refractivity contribution is 5.97. The van der Waals surface area contributed by atoms with Crippen LogP contribution in [0.2, 0.25) is 0 Å². The fourth-order valence-corrected chi connectivity index (χ4v) is 0.938. The van der Waals surface area contributed by atoms with Crippen LogP contribution in [-0.4, -0.2) is 12.8 Å². The van der Waals surface area contributed by atoms with E-state index in [0.29, 0.717) is 0 Å². The van der Waals surface area contributed by atoms with Crippen LogP contribution in [0.15, 0.2) is 16.6 Å². The predicted molar refractivity (Wildman–Crippen MR) is 47.7 cm³/mol. The molecular formula is C9H17N. The molecule has 0 bridgehead atoms. The molecule has 0 heterocycles. The monoisotopic (exact) mass is 139 g/mol. The van der Waals surface area contributed by atoms with E-state index in [1.807, 2.05) is 7.05 Å². The molecule has 0 aromatic heterocycles. The van der Waals surface area contributed by atoms with Gasteiger partial charge >= 0.3 is 0 Å². The normalized spacial score (nSPS) is 14.0. The van der Waals surface area contributed by atoms with Crippen molar-refractivity contribution in [2.75, 3.05) is 7.05 Å². The number of hydrogen-bond donors (Lipinski definition) is 0. The Kier molecular flexibility index (Phi) is 4.91. The molecule has 0 aliphatic carbocycles. The van der Waals surface area contributed by atoms with E-state index in [9.17, 15) is 0 Å². The minimum Gasteiger partial charge on any atom is -0.293 e. The van der Waals surface area contributed by atoms with Crippen LogP contribution in [0.4, 0.5) is 0 Å². The van der Waals surface area contributed by atoms with Gasteiger partial charge < -0.3 is 0 Å². The molecule has 0 saturated heterocycles. The van der Waals surface area contributed by atoms with Crippen molar-refractivity contribution >= 4 is 5.71 Å². The van der Waals surface area contributed by atoms with Gasteiger partial charge in [0.2, 0.25) is 0 Å². The molecule has 0 aliphatic heterocycles. The summed E-state index contributed by atoms with van der Waals surface area (Å²) in [6.07, 6.45) is 4.44. The number of allylic oxidation sites excluding steroid dienone is 2. The summed E-state index contributed by atoms with van der Waals surface area (Å²) in [6.45, 7) is 6.37. The third-order valence-electron chi connectivity index (χ3n) is 1.63. The lowest BCUT2D eigenvalue weighted by atomic mass is 10.1. The van der Waals surface area contributed by atoms with Crippen molar-refractivity contribution < 1.29 is 0 Å². The van der Waals surface area contributed by atoms with Crippen LogP contribution < -0.4 is 0 Å². The largest absolute Gasteiger partial charge is 0.293 e. The summed E-state index contributed by atoms with van der Waals surface area (Å²) in [5.74, 6) is 0. The molecule has 1 heteroatoms. The summed E-state index contributed by atoms with van der Waals surface area (Å²) in [7, 11) is 1.84. The average Bonchev–Trinajstić information content (AvgIpc) is 1.99. The number of hydrogen-bond acceptors (Lipinski definition) is 1. The first kappa shape index (κ1) is 9.41. The van der Waals surface area contributed by atoms with Gasteiger partial charge in [-0.05, 0) is 25.3 Å². The summed E-state index contributed by atoms with van der Waals surface area (Å²) in [5.41, 5.74) is 2.55. The summed E-state index contributed by atoms with van der Waals surface area (Å²) < 4.78 is 0. The Hall–Kier alpha value is -0.590. The van der Waals surface area contributed by atoms with Gasteiger partial charge in [0, 0.05) is 12.8 Å². The second kappa shape index (κ2) is 5.21.